The van der Waals surface area contributed by atoms with E-state index in [4.69, 9.17) is 20.6 Å². The summed E-state index contributed by atoms with van der Waals surface area (Å²) >= 11 is 5.92. The standard InChI is InChI=1S/C19H21ClF3N2O4P/c1-3-28-30(27,29-4-2)17(13-8-6-5-7-9-13)25-18(26)24-16-12-14(19(21,22)23)10-11-15(16)20/h5-12,17H,3-4H2,1-2H3,(H2,24,25,26)/t17-/m1/s1. The van der Waals surface area contributed by atoms with Crippen LogP contribution in [0, 0.1) is 0 Å². The van der Waals surface area contributed by atoms with E-state index in [1.165, 1.54) is 0 Å². The number of rotatable bonds is 8. The normalized spacial score (nSPS) is 13.0. The fraction of sp³-hybridized carbons (Fsp3) is 0.316. The van der Waals surface area contributed by atoms with E-state index >= 15 is 0 Å². The fourth-order valence-electron chi connectivity index (χ4n) is 2.61. The van der Waals surface area contributed by atoms with Crippen molar-refractivity contribution in [3.05, 3.63) is 64.7 Å². The SMILES string of the molecule is CCOP(=O)(OCC)[C@@H](NC(=O)Nc1cc(C(F)(F)F)ccc1Cl)c1ccccc1. The van der Waals surface area contributed by atoms with Crippen molar-refractivity contribution >= 4 is 30.9 Å². The number of nitrogens with one attached hydrogen (secondary N) is 2. The van der Waals surface area contributed by atoms with Crippen LogP contribution in [-0.4, -0.2) is 19.2 Å². The first kappa shape index (κ1) is 24.2. The van der Waals surface area contributed by atoms with E-state index in [1.807, 2.05) is 0 Å². The van der Waals surface area contributed by atoms with Crippen molar-refractivity contribution < 1.29 is 31.6 Å². The Labute approximate surface area is 177 Å². The van der Waals surface area contributed by atoms with Crippen molar-refractivity contribution in [2.45, 2.75) is 25.8 Å². The minimum absolute atomic E-state index is 0.0589. The second-order valence-electron chi connectivity index (χ2n) is 5.98. The summed E-state index contributed by atoms with van der Waals surface area (Å²) in [5, 5.41) is 4.65. The molecule has 30 heavy (non-hydrogen) atoms. The molecule has 0 bridgehead atoms. The highest BCUT2D eigenvalue weighted by molar-refractivity contribution is 7.54. The molecule has 0 saturated carbocycles. The zero-order chi connectivity index (χ0) is 22.4. The van der Waals surface area contributed by atoms with E-state index in [9.17, 15) is 22.5 Å². The molecule has 6 nitrogen and oxygen atoms in total. The van der Waals surface area contributed by atoms with E-state index in [-0.39, 0.29) is 23.9 Å². The van der Waals surface area contributed by atoms with Gasteiger partial charge in [-0.3, -0.25) is 4.57 Å². The average Bonchev–Trinajstić information content (AvgIpc) is 2.68. The van der Waals surface area contributed by atoms with Crippen molar-refractivity contribution in [2.24, 2.45) is 0 Å². The molecule has 0 spiro atoms. The Hall–Kier alpha value is -2.06. The molecular weight excluding hydrogens is 444 g/mol. The Morgan fingerprint density at radius 3 is 2.23 bits per heavy atom. The van der Waals surface area contributed by atoms with Crippen LogP contribution in [0.25, 0.3) is 0 Å². The van der Waals surface area contributed by atoms with Crippen molar-refractivity contribution in [1.29, 1.82) is 0 Å². The molecule has 11 heteroatoms. The van der Waals surface area contributed by atoms with Gasteiger partial charge in [-0.2, -0.15) is 13.2 Å². The summed E-state index contributed by atoms with van der Waals surface area (Å²) < 4.78 is 62.8. The number of carbonyl (C=O) groups excluding carboxylic acids is 1. The monoisotopic (exact) mass is 464 g/mol. The summed E-state index contributed by atoms with van der Waals surface area (Å²) in [6.45, 7) is 3.36. The summed E-state index contributed by atoms with van der Waals surface area (Å²) in [5.41, 5.74) is -0.789. The molecule has 164 valence electrons. The fourth-order valence-corrected chi connectivity index (χ4v) is 4.68. The van der Waals surface area contributed by atoms with E-state index in [0.717, 1.165) is 12.1 Å². The Kier molecular flexibility index (Phi) is 8.32. The van der Waals surface area contributed by atoms with E-state index in [2.05, 4.69) is 10.6 Å². The Morgan fingerprint density at radius 1 is 1.10 bits per heavy atom. The third kappa shape index (κ3) is 6.22. The lowest BCUT2D eigenvalue weighted by atomic mass is 10.2. The van der Waals surface area contributed by atoms with Gasteiger partial charge < -0.3 is 19.7 Å². The number of hydrogen-bond acceptors (Lipinski definition) is 4. The Morgan fingerprint density at radius 2 is 1.70 bits per heavy atom. The van der Waals surface area contributed by atoms with Crippen LogP contribution in [0.2, 0.25) is 5.02 Å². The molecule has 0 aliphatic rings. The smallest absolute Gasteiger partial charge is 0.320 e. The van der Waals surface area contributed by atoms with Crippen LogP contribution in [0.15, 0.2) is 48.5 Å². The van der Waals surface area contributed by atoms with E-state index in [0.29, 0.717) is 11.6 Å². The first-order valence-corrected chi connectivity index (χ1v) is 11.0. The molecule has 0 aromatic heterocycles. The quantitative estimate of drug-likeness (QED) is 0.440. The van der Waals surface area contributed by atoms with Gasteiger partial charge in [0.25, 0.3) is 0 Å². The number of amides is 2. The molecule has 0 fully saturated rings. The van der Waals surface area contributed by atoms with Gasteiger partial charge in [-0.05, 0) is 37.6 Å². The van der Waals surface area contributed by atoms with E-state index < -0.39 is 31.1 Å². The topological polar surface area (TPSA) is 76.7 Å². The largest absolute Gasteiger partial charge is 0.416 e. The first-order valence-electron chi connectivity index (χ1n) is 8.98. The summed E-state index contributed by atoms with van der Waals surface area (Å²) in [5.74, 6) is -1.19. The molecule has 1 atom stereocenters. The zero-order valence-corrected chi connectivity index (χ0v) is 17.9. The number of halogens is 4. The second kappa shape index (κ2) is 10.3. The third-order valence-corrected chi connectivity index (χ3v) is 6.48. The number of benzene rings is 2. The zero-order valence-electron chi connectivity index (χ0n) is 16.2. The van der Waals surface area contributed by atoms with Gasteiger partial charge in [0.05, 0.1) is 29.5 Å². The lowest BCUT2D eigenvalue weighted by molar-refractivity contribution is -0.137. The second-order valence-corrected chi connectivity index (χ2v) is 8.50. The minimum Gasteiger partial charge on any atom is -0.320 e. The van der Waals surface area contributed by atoms with Crippen molar-refractivity contribution in [2.75, 3.05) is 18.5 Å². The van der Waals surface area contributed by atoms with Gasteiger partial charge in [-0.25, -0.2) is 4.79 Å². The molecule has 2 amide bonds. The maximum Gasteiger partial charge on any atom is 0.416 e. The minimum atomic E-state index is -4.61. The molecule has 0 saturated heterocycles. The van der Waals surface area contributed by atoms with Gasteiger partial charge in [0, 0.05) is 0 Å². The van der Waals surface area contributed by atoms with Crippen LogP contribution in [0.5, 0.6) is 0 Å². The molecule has 2 aromatic carbocycles. The maximum atomic E-state index is 13.3. The molecule has 2 N–H and O–H groups in total. The van der Waals surface area contributed by atoms with Gasteiger partial charge in [0.15, 0.2) is 5.78 Å². The van der Waals surface area contributed by atoms with Crippen LogP contribution >= 0.6 is 19.2 Å². The molecular formula is C19H21ClF3N2O4P. The maximum absolute atomic E-state index is 13.3. The summed E-state index contributed by atoms with van der Waals surface area (Å²) in [7, 11) is -3.84. The lowest BCUT2D eigenvalue weighted by Gasteiger charge is -2.27. The predicted molar refractivity (Wildman–Crippen MR) is 109 cm³/mol. The number of anilines is 1. The molecule has 0 aliphatic carbocycles. The van der Waals surface area contributed by atoms with E-state index in [1.54, 1.807) is 44.2 Å². The highest BCUT2D eigenvalue weighted by atomic mass is 35.5. The average molecular weight is 465 g/mol. The van der Waals surface area contributed by atoms with Crippen LogP contribution in [0.3, 0.4) is 0 Å². The van der Waals surface area contributed by atoms with Crippen LogP contribution < -0.4 is 10.6 Å². The first-order chi connectivity index (χ1) is 14.1. The third-order valence-electron chi connectivity index (χ3n) is 3.86. The predicted octanol–water partition coefficient (Wildman–Crippen LogP) is 6.45. The molecule has 0 heterocycles. The van der Waals surface area contributed by atoms with Crippen LogP contribution in [-0.2, 0) is 19.8 Å². The van der Waals surface area contributed by atoms with Crippen LogP contribution in [0.1, 0.15) is 30.8 Å². The molecule has 0 radical (unpaired) electrons. The van der Waals surface area contributed by atoms with Gasteiger partial charge in [0.2, 0.25) is 0 Å². The molecule has 2 aromatic rings. The number of carbonyl (C=O) groups is 1. The van der Waals surface area contributed by atoms with Gasteiger partial charge >= 0.3 is 19.8 Å². The molecule has 0 aliphatic heterocycles. The van der Waals surface area contributed by atoms with Gasteiger partial charge in [0.1, 0.15) is 0 Å². The number of alkyl halides is 3. The highest BCUT2D eigenvalue weighted by Gasteiger charge is 2.38. The summed E-state index contributed by atoms with van der Waals surface area (Å²) in [6.07, 6.45) is -4.61. The number of urea groups is 1. The van der Waals surface area contributed by atoms with Crippen molar-refractivity contribution in [1.82, 2.24) is 5.32 Å². The van der Waals surface area contributed by atoms with Crippen molar-refractivity contribution in [3.63, 3.8) is 0 Å². The summed E-state index contributed by atoms with van der Waals surface area (Å²) in [6, 6.07) is 9.93. The highest BCUT2D eigenvalue weighted by Crippen LogP contribution is 2.59. The van der Waals surface area contributed by atoms with Crippen molar-refractivity contribution in [3.8, 4) is 0 Å². The number of hydrogen-bond donors (Lipinski definition) is 2. The Balaban J connectivity index is 2.32. The summed E-state index contributed by atoms with van der Waals surface area (Å²) in [4.78, 5) is 12.6. The van der Waals surface area contributed by atoms with Gasteiger partial charge in [-0.15, -0.1) is 0 Å². The molecule has 0 unspecified atom stereocenters. The van der Waals surface area contributed by atoms with Gasteiger partial charge in [-0.1, -0.05) is 41.9 Å². The lowest BCUT2D eigenvalue weighted by Crippen LogP contribution is -2.33. The van der Waals surface area contributed by atoms with Crippen LogP contribution in [0.4, 0.5) is 23.7 Å². The Bertz CT molecular complexity index is 902. The molecule has 2 rings (SSSR count).